The Labute approximate surface area is 101 Å². The molecule has 1 unspecified atom stereocenters. The number of aliphatic hydroxyl groups is 1. The second kappa shape index (κ2) is 4.35. The molecule has 3 nitrogen and oxygen atoms in total. The van der Waals surface area contributed by atoms with Gasteiger partial charge in [0.25, 0.3) is 0 Å². The summed E-state index contributed by atoms with van der Waals surface area (Å²) in [5, 5.41) is 14.1. The first-order valence-electron chi connectivity index (χ1n) is 4.71. The van der Waals surface area contributed by atoms with Crippen LogP contribution in [0.25, 0.3) is 0 Å². The van der Waals surface area contributed by atoms with Crippen molar-refractivity contribution < 1.29 is 9.50 Å². The molecule has 16 heavy (non-hydrogen) atoms. The van der Waals surface area contributed by atoms with Crippen LogP contribution in [0.4, 0.5) is 4.39 Å². The molecule has 1 N–H and O–H groups in total. The van der Waals surface area contributed by atoms with E-state index in [1.54, 1.807) is 36.1 Å². The maximum absolute atomic E-state index is 13.3. The number of hydrogen-bond donors (Lipinski definition) is 1. The van der Waals surface area contributed by atoms with Gasteiger partial charge in [0.1, 0.15) is 11.9 Å². The van der Waals surface area contributed by atoms with Crippen molar-refractivity contribution in [3.05, 3.63) is 52.0 Å². The van der Waals surface area contributed by atoms with Gasteiger partial charge in [0.2, 0.25) is 0 Å². The third-order valence-electron chi connectivity index (χ3n) is 2.42. The largest absolute Gasteiger partial charge is 0.382 e. The Balaban J connectivity index is 2.46. The summed E-state index contributed by atoms with van der Waals surface area (Å²) in [4.78, 5) is 0. The van der Waals surface area contributed by atoms with E-state index in [1.807, 2.05) is 0 Å². The first-order chi connectivity index (χ1) is 7.61. The van der Waals surface area contributed by atoms with E-state index in [0.29, 0.717) is 11.3 Å². The molecule has 2 aromatic rings. The van der Waals surface area contributed by atoms with Gasteiger partial charge in [0.15, 0.2) is 0 Å². The van der Waals surface area contributed by atoms with Gasteiger partial charge in [-0.15, -0.1) is 0 Å². The van der Waals surface area contributed by atoms with Crippen LogP contribution in [-0.2, 0) is 7.05 Å². The summed E-state index contributed by atoms with van der Waals surface area (Å²) < 4.78 is 15.1. The average molecular weight is 285 g/mol. The zero-order chi connectivity index (χ0) is 11.7. The van der Waals surface area contributed by atoms with E-state index in [2.05, 4.69) is 21.0 Å². The topological polar surface area (TPSA) is 38.0 Å². The van der Waals surface area contributed by atoms with Crippen molar-refractivity contribution in [3.8, 4) is 0 Å². The second-order valence-electron chi connectivity index (χ2n) is 3.43. The van der Waals surface area contributed by atoms with E-state index >= 15 is 0 Å². The number of hydrogen-bond acceptors (Lipinski definition) is 2. The van der Waals surface area contributed by atoms with Gasteiger partial charge in [-0.1, -0.05) is 12.1 Å². The van der Waals surface area contributed by atoms with Crippen molar-refractivity contribution in [1.82, 2.24) is 9.78 Å². The van der Waals surface area contributed by atoms with Crippen LogP contribution in [0.1, 0.15) is 17.4 Å². The van der Waals surface area contributed by atoms with Gasteiger partial charge in [-0.05, 0) is 28.1 Å². The Bertz CT molecular complexity index is 512. The number of halogens is 2. The molecule has 0 radical (unpaired) electrons. The van der Waals surface area contributed by atoms with Gasteiger partial charge in [-0.25, -0.2) is 4.39 Å². The Morgan fingerprint density at radius 1 is 1.44 bits per heavy atom. The van der Waals surface area contributed by atoms with Gasteiger partial charge >= 0.3 is 0 Å². The van der Waals surface area contributed by atoms with Crippen molar-refractivity contribution in [2.45, 2.75) is 6.10 Å². The smallest absolute Gasteiger partial charge is 0.137 e. The lowest BCUT2D eigenvalue weighted by atomic mass is 10.1. The van der Waals surface area contributed by atoms with Crippen molar-refractivity contribution in [2.24, 2.45) is 7.05 Å². The summed E-state index contributed by atoms with van der Waals surface area (Å²) in [6.45, 7) is 0. The molecule has 1 aromatic carbocycles. The van der Waals surface area contributed by atoms with E-state index < -0.39 is 11.9 Å². The first-order valence-corrected chi connectivity index (χ1v) is 5.50. The number of aryl methyl sites for hydroxylation is 1. The highest BCUT2D eigenvalue weighted by molar-refractivity contribution is 9.10. The first kappa shape index (κ1) is 11.3. The van der Waals surface area contributed by atoms with Crippen LogP contribution in [-0.4, -0.2) is 14.9 Å². The summed E-state index contributed by atoms with van der Waals surface area (Å²) in [5.74, 6) is -0.390. The van der Waals surface area contributed by atoms with Crippen LogP contribution in [0, 0.1) is 5.82 Å². The Morgan fingerprint density at radius 3 is 2.81 bits per heavy atom. The van der Waals surface area contributed by atoms with Crippen LogP contribution >= 0.6 is 15.9 Å². The Morgan fingerprint density at radius 2 is 2.19 bits per heavy atom. The number of aromatic nitrogens is 2. The monoisotopic (exact) mass is 284 g/mol. The zero-order valence-electron chi connectivity index (χ0n) is 8.56. The van der Waals surface area contributed by atoms with Crippen LogP contribution in [0.15, 0.2) is 34.9 Å². The van der Waals surface area contributed by atoms with Gasteiger partial charge in [0.05, 0.1) is 10.2 Å². The molecule has 0 bridgehead atoms. The maximum atomic E-state index is 13.3. The van der Waals surface area contributed by atoms with Crippen LogP contribution in [0.5, 0.6) is 0 Å². The van der Waals surface area contributed by atoms with Gasteiger partial charge in [-0.2, -0.15) is 5.10 Å². The quantitative estimate of drug-likeness (QED) is 0.920. The molecule has 0 aliphatic rings. The molecule has 5 heteroatoms. The lowest BCUT2D eigenvalue weighted by molar-refractivity contribution is 0.208. The lowest BCUT2D eigenvalue weighted by Crippen LogP contribution is -2.07. The minimum atomic E-state index is -0.891. The van der Waals surface area contributed by atoms with Gasteiger partial charge < -0.3 is 5.11 Å². The third-order valence-corrected chi connectivity index (χ3v) is 3.25. The highest BCUT2D eigenvalue weighted by Crippen LogP contribution is 2.29. The minimum Gasteiger partial charge on any atom is -0.382 e. The molecule has 1 aromatic heterocycles. The van der Waals surface area contributed by atoms with E-state index in [-0.39, 0.29) is 4.47 Å². The fourth-order valence-corrected chi connectivity index (χ4v) is 2.02. The van der Waals surface area contributed by atoms with Crippen LogP contribution in [0.3, 0.4) is 0 Å². The highest BCUT2D eigenvalue weighted by Gasteiger charge is 2.18. The summed E-state index contributed by atoms with van der Waals surface area (Å²) in [5.41, 5.74) is 1.11. The van der Waals surface area contributed by atoms with Crippen LogP contribution < -0.4 is 0 Å². The van der Waals surface area contributed by atoms with Crippen molar-refractivity contribution in [1.29, 1.82) is 0 Å². The van der Waals surface area contributed by atoms with E-state index in [4.69, 9.17) is 0 Å². The minimum absolute atomic E-state index is 0.281. The molecule has 1 heterocycles. The van der Waals surface area contributed by atoms with E-state index in [1.165, 1.54) is 6.07 Å². The SMILES string of the molecule is Cn1nccc1C(O)c1cccc(F)c1Br. The molecule has 0 amide bonds. The molecule has 2 rings (SSSR count). The molecular weight excluding hydrogens is 275 g/mol. The third kappa shape index (κ3) is 1.88. The molecule has 0 saturated carbocycles. The summed E-state index contributed by atoms with van der Waals surface area (Å²) in [7, 11) is 1.73. The zero-order valence-corrected chi connectivity index (χ0v) is 10.1. The predicted molar refractivity (Wildman–Crippen MR) is 61.4 cm³/mol. The van der Waals surface area contributed by atoms with Crippen molar-refractivity contribution in [2.75, 3.05) is 0 Å². The molecule has 0 fully saturated rings. The van der Waals surface area contributed by atoms with E-state index in [9.17, 15) is 9.50 Å². The summed E-state index contributed by atoms with van der Waals surface area (Å²) in [6.07, 6.45) is 0.698. The summed E-state index contributed by atoms with van der Waals surface area (Å²) >= 11 is 3.13. The summed E-state index contributed by atoms with van der Waals surface area (Å²) in [6, 6.07) is 6.27. The predicted octanol–water partition coefficient (Wildman–Crippen LogP) is 2.40. The fraction of sp³-hybridized carbons (Fsp3) is 0.182. The normalized spacial score (nSPS) is 12.8. The number of rotatable bonds is 2. The van der Waals surface area contributed by atoms with Crippen LogP contribution in [0.2, 0.25) is 0 Å². The van der Waals surface area contributed by atoms with Crippen molar-refractivity contribution >= 4 is 15.9 Å². The Hall–Kier alpha value is -1.20. The van der Waals surface area contributed by atoms with Gasteiger partial charge in [0, 0.05) is 18.8 Å². The molecule has 0 spiro atoms. The van der Waals surface area contributed by atoms with Crippen molar-refractivity contribution in [3.63, 3.8) is 0 Å². The standard InChI is InChI=1S/C11H10BrFN2O/c1-15-9(5-6-14-15)11(16)7-3-2-4-8(13)10(7)12/h2-6,11,16H,1H3. The Kier molecular flexibility index (Phi) is 3.07. The number of nitrogens with zero attached hydrogens (tertiary/aromatic N) is 2. The maximum Gasteiger partial charge on any atom is 0.137 e. The number of benzene rings is 1. The van der Waals surface area contributed by atoms with Gasteiger partial charge in [-0.3, -0.25) is 4.68 Å². The van der Waals surface area contributed by atoms with E-state index in [0.717, 1.165) is 0 Å². The number of aliphatic hydroxyl groups excluding tert-OH is 1. The molecule has 0 saturated heterocycles. The molecule has 0 aliphatic heterocycles. The molecular formula is C11H10BrFN2O. The highest BCUT2D eigenvalue weighted by atomic mass is 79.9. The average Bonchev–Trinajstić information content (AvgIpc) is 2.68. The molecule has 1 atom stereocenters. The molecule has 84 valence electrons. The lowest BCUT2D eigenvalue weighted by Gasteiger charge is -2.13. The molecule has 0 aliphatic carbocycles. The second-order valence-corrected chi connectivity index (χ2v) is 4.22. The fourth-order valence-electron chi connectivity index (χ4n) is 1.54.